The highest BCUT2D eigenvalue weighted by Crippen LogP contribution is 2.30. The average molecular weight is 254 g/mol. The Morgan fingerprint density at radius 1 is 1.00 bits per heavy atom. The van der Waals surface area contributed by atoms with E-state index in [0.29, 0.717) is 5.82 Å². The van der Waals surface area contributed by atoms with Crippen molar-refractivity contribution in [1.29, 1.82) is 0 Å². The number of aromatic nitrogens is 3. The zero-order valence-electron chi connectivity index (χ0n) is 9.45. The molecule has 0 radical (unpaired) electrons. The first-order valence-corrected chi connectivity index (χ1v) is 6.24. The van der Waals surface area contributed by atoms with E-state index in [2.05, 4.69) is 15.0 Å². The Hall–Kier alpha value is -2.14. The Kier molecular flexibility index (Phi) is 2.82. The fourth-order valence-electron chi connectivity index (χ4n) is 1.66. The van der Waals surface area contributed by atoms with E-state index in [-0.39, 0.29) is 0 Å². The van der Waals surface area contributed by atoms with Crippen molar-refractivity contribution in [2.75, 3.05) is 5.73 Å². The Labute approximate surface area is 108 Å². The lowest BCUT2D eigenvalue weighted by atomic mass is 10.2. The van der Waals surface area contributed by atoms with Crippen LogP contribution >= 0.6 is 11.8 Å². The van der Waals surface area contributed by atoms with Gasteiger partial charge >= 0.3 is 0 Å². The molecule has 0 fully saturated rings. The van der Waals surface area contributed by atoms with Gasteiger partial charge in [0.2, 0.25) is 0 Å². The van der Waals surface area contributed by atoms with Gasteiger partial charge in [0, 0.05) is 16.5 Å². The predicted octanol–water partition coefficient (Wildman–Crippen LogP) is 2.76. The summed E-state index contributed by atoms with van der Waals surface area (Å²) in [6.07, 6.45) is 3.27. The SMILES string of the molecule is Nc1cc(Sc2ncnc3ccccc23)ccn1. The molecule has 18 heavy (non-hydrogen) atoms. The summed E-state index contributed by atoms with van der Waals surface area (Å²) in [6, 6.07) is 11.7. The third kappa shape index (κ3) is 2.12. The van der Waals surface area contributed by atoms with Crippen molar-refractivity contribution in [3.63, 3.8) is 0 Å². The summed E-state index contributed by atoms with van der Waals surface area (Å²) in [6.45, 7) is 0. The van der Waals surface area contributed by atoms with Crippen molar-refractivity contribution in [2.45, 2.75) is 9.92 Å². The van der Waals surface area contributed by atoms with E-state index < -0.39 is 0 Å². The number of nitrogens with two attached hydrogens (primary N) is 1. The number of fused-ring (bicyclic) bond motifs is 1. The van der Waals surface area contributed by atoms with Crippen molar-refractivity contribution in [3.05, 3.63) is 48.9 Å². The van der Waals surface area contributed by atoms with Gasteiger partial charge in [0.15, 0.2) is 0 Å². The molecule has 88 valence electrons. The highest BCUT2D eigenvalue weighted by atomic mass is 32.2. The van der Waals surface area contributed by atoms with Gasteiger partial charge < -0.3 is 5.73 Å². The lowest BCUT2D eigenvalue weighted by molar-refractivity contribution is 1.10. The molecular formula is C13H10N4S. The van der Waals surface area contributed by atoms with Crippen LogP contribution < -0.4 is 5.73 Å². The van der Waals surface area contributed by atoms with E-state index in [1.165, 1.54) is 0 Å². The van der Waals surface area contributed by atoms with E-state index >= 15 is 0 Å². The van der Waals surface area contributed by atoms with Gasteiger partial charge in [-0.15, -0.1) is 0 Å². The highest BCUT2D eigenvalue weighted by Gasteiger charge is 2.05. The van der Waals surface area contributed by atoms with E-state index in [1.807, 2.05) is 36.4 Å². The minimum absolute atomic E-state index is 0.512. The summed E-state index contributed by atoms with van der Waals surface area (Å²) < 4.78 is 0. The van der Waals surface area contributed by atoms with Gasteiger partial charge in [0.1, 0.15) is 17.2 Å². The number of hydrogen-bond acceptors (Lipinski definition) is 5. The molecule has 0 spiro atoms. The van der Waals surface area contributed by atoms with E-state index in [1.54, 1.807) is 24.3 Å². The number of para-hydroxylation sites is 1. The minimum atomic E-state index is 0.512. The third-order valence-corrected chi connectivity index (χ3v) is 3.48. The first-order chi connectivity index (χ1) is 8.83. The number of nitrogen functional groups attached to an aromatic ring is 1. The molecule has 0 amide bonds. The number of nitrogens with zero attached hydrogens (tertiary/aromatic N) is 3. The van der Waals surface area contributed by atoms with E-state index in [4.69, 9.17) is 5.73 Å². The van der Waals surface area contributed by atoms with Crippen LogP contribution in [0.2, 0.25) is 0 Å². The Balaban J connectivity index is 2.05. The number of benzene rings is 1. The Morgan fingerprint density at radius 3 is 2.78 bits per heavy atom. The van der Waals surface area contributed by atoms with Crippen LogP contribution in [0.1, 0.15) is 0 Å². The van der Waals surface area contributed by atoms with Crippen molar-refractivity contribution < 1.29 is 0 Å². The topological polar surface area (TPSA) is 64.7 Å². The quantitative estimate of drug-likeness (QED) is 0.712. The number of hydrogen-bond donors (Lipinski definition) is 1. The third-order valence-electron chi connectivity index (χ3n) is 2.47. The first kappa shape index (κ1) is 11.0. The molecule has 2 N–H and O–H groups in total. The smallest absolute Gasteiger partial charge is 0.124 e. The lowest BCUT2D eigenvalue weighted by Crippen LogP contribution is -1.90. The maximum absolute atomic E-state index is 5.67. The summed E-state index contributed by atoms with van der Waals surface area (Å²) >= 11 is 1.56. The molecule has 0 unspecified atom stereocenters. The maximum atomic E-state index is 5.67. The zero-order chi connectivity index (χ0) is 12.4. The Morgan fingerprint density at radius 2 is 1.89 bits per heavy atom. The molecule has 3 rings (SSSR count). The lowest BCUT2D eigenvalue weighted by Gasteiger charge is -2.04. The number of anilines is 1. The predicted molar refractivity (Wildman–Crippen MR) is 72.3 cm³/mol. The minimum Gasteiger partial charge on any atom is -0.384 e. The summed E-state index contributed by atoms with van der Waals surface area (Å²) in [4.78, 5) is 13.6. The second kappa shape index (κ2) is 4.62. The summed E-state index contributed by atoms with van der Waals surface area (Å²) in [5, 5.41) is 1.96. The van der Waals surface area contributed by atoms with Crippen LogP contribution in [0.3, 0.4) is 0 Å². The summed E-state index contributed by atoms with van der Waals surface area (Å²) in [7, 11) is 0. The molecule has 1 aromatic carbocycles. The van der Waals surface area contributed by atoms with Crippen LogP contribution in [-0.4, -0.2) is 15.0 Å². The van der Waals surface area contributed by atoms with E-state index in [0.717, 1.165) is 20.8 Å². The molecule has 0 saturated heterocycles. The van der Waals surface area contributed by atoms with Gasteiger partial charge in [0.25, 0.3) is 0 Å². The van der Waals surface area contributed by atoms with Crippen LogP contribution in [0.4, 0.5) is 5.82 Å². The van der Waals surface area contributed by atoms with Gasteiger partial charge in [-0.25, -0.2) is 15.0 Å². The molecule has 5 heteroatoms. The van der Waals surface area contributed by atoms with Crippen molar-refractivity contribution >= 4 is 28.5 Å². The largest absolute Gasteiger partial charge is 0.384 e. The molecule has 3 aromatic rings. The molecular weight excluding hydrogens is 244 g/mol. The van der Waals surface area contributed by atoms with Crippen molar-refractivity contribution in [2.24, 2.45) is 0 Å². The molecule has 0 aliphatic rings. The first-order valence-electron chi connectivity index (χ1n) is 5.42. The monoisotopic (exact) mass is 254 g/mol. The molecule has 0 bridgehead atoms. The van der Waals surface area contributed by atoms with Crippen molar-refractivity contribution in [3.8, 4) is 0 Å². The Bertz CT molecular complexity index is 694. The molecule has 2 heterocycles. The molecule has 0 saturated carbocycles. The fourth-order valence-corrected chi connectivity index (χ4v) is 2.58. The molecule has 0 aliphatic carbocycles. The average Bonchev–Trinajstić information content (AvgIpc) is 2.39. The van der Waals surface area contributed by atoms with Gasteiger partial charge in [-0.3, -0.25) is 0 Å². The van der Waals surface area contributed by atoms with Crippen LogP contribution in [0.5, 0.6) is 0 Å². The normalized spacial score (nSPS) is 10.7. The van der Waals surface area contributed by atoms with Crippen LogP contribution in [0, 0.1) is 0 Å². The molecule has 0 atom stereocenters. The van der Waals surface area contributed by atoms with Gasteiger partial charge in [-0.1, -0.05) is 30.0 Å². The van der Waals surface area contributed by atoms with Crippen molar-refractivity contribution in [1.82, 2.24) is 15.0 Å². The zero-order valence-corrected chi connectivity index (χ0v) is 10.3. The standard InChI is InChI=1S/C13H10N4S/c14-12-7-9(5-6-15-12)18-13-10-3-1-2-4-11(10)16-8-17-13/h1-8H,(H2,14,15). The molecule has 4 nitrogen and oxygen atoms in total. The number of pyridine rings is 1. The highest BCUT2D eigenvalue weighted by molar-refractivity contribution is 7.99. The maximum Gasteiger partial charge on any atom is 0.124 e. The molecule has 2 aromatic heterocycles. The number of rotatable bonds is 2. The van der Waals surface area contributed by atoms with Crippen LogP contribution in [0.25, 0.3) is 10.9 Å². The summed E-state index contributed by atoms with van der Waals surface area (Å²) in [5.41, 5.74) is 6.61. The van der Waals surface area contributed by atoms with Gasteiger partial charge in [-0.05, 0) is 18.2 Å². The van der Waals surface area contributed by atoms with Gasteiger partial charge in [-0.2, -0.15) is 0 Å². The second-order valence-electron chi connectivity index (χ2n) is 3.71. The van der Waals surface area contributed by atoms with Crippen LogP contribution in [0.15, 0.2) is 58.8 Å². The fraction of sp³-hybridized carbons (Fsp3) is 0. The second-order valence-corrected chi connectivity index (χ2v) is 4.78. The van der Waals surface area contributed by atoms with E-state index in [9.17, 15) is 0 Å². The summed E-state index contributed by atoms with van der Waals surface area (Å²) in [5.74, 6) is 0.512. The van der Waals surface area contributed by atoms with Crippen LogP contribution in [-0.2, 0) is 0 Å². The molecule has 0 aliphatic heterocycles. The van der Waals surface area contributed by atoms with Gasteiger partial charge in [0.05, 0.1) is 5.52 Å².